The molecule has 1 heterocycles. The van der Waals surface area contributed by atoms with Gasteiger partial charge in [-0.2, -0.15) is 0 Å². The van der Waals surface area contributed by atoms with Crippen molar-refractivity contribution < 1.29 is 13.9 Å². The SMILES string of the molecule is O=C([C@@H]1C[C@H]1c1cccc(F)c1)N1CCO[C@H](c2ccc(Cl)cc2)C1. The Balaban J connectivity index is 1.42. The number of nitrogens with zero attached hydrogens (tertiary/aromatic N) is 1. The Labute approximate surface area is 151 Å². The second-order valence-corrected chi connectivity index (χ2v) is 7.14. The highest BCUT2D eigenvalue weighted by Gasteiger charge is 2.46. The molecule has 0 aromatic heterocycles. The number of halogens is 2. The molecule has 1 aliphatic carbocycles. The first-order valence-corrected chi connectivity index (χ1v) is 8.91. The molecule has 2 aromatic carbocycles. The topological polar surface area (TPSA) is 29.5 Å². The van der Waals surface area contributed by atoms with Gasteiger partial charge in [0.2, 0.25) is 5.91 Å². The summed E-state index contributed by atoms with van der Waals surface area (Å²) in [6.07, 6.45) is 0.673. The predicted molar refractivity (Wildman–Crippen MR) is 94.0 cm³/mol. The van der Waals surface area contributed by atoms with E-state index < -0.39 is 0 Å². The van der Waals surface area contributed by atoms with Gasteiger partial charge in [-0.05, 0) is 47.7 Å². The Bertz CT molecular complexity index is 780. The van der Waals surface area contributed by atoms with Crippen LogP contribution < -0.4 is 0 Å². The monoisotopic (exact) mass is 359 g/mol. The molecule has 2 aromatic rings. The quantitative estimate of drug-likeness (QED) is 0.822. The van der Waals surface area contributed by atoms with E-state index in [-0.39, 0.29) is 29.7 Å². The van der Waals surface area contributed by atoms with Crippen LogP contribution in [0.1, 0.15) is 29.6 Å². The average molecular weight is 360 g/mol. The standard InChI is InChI=1S/C20H19ClFNO2/c21-15-6-4-13(5-7-15)19-12-23(8-9-25-19)20(24)18-11-17(18)14-2-1-3-16(22)10-14/h1-7,10,17-19H,8-9,11-12H2/t17-,18+,19-/m0/s1. The molecule has 1 saturated heterocycles. The van der Waals surface area contributed by atoms with Gasteiger partial charge in [0.1, 0.15) is 11.9 Å². The molecule has 130 valence electrons. The van der Waals surface area contributed by atoms with Gasteiger partial charge in [-0.3, -0.25) is 4.79 Å². The maximum atomic E-state index is 13.4. The minimum Gasteiger partial charge on any atom is -0.370 e. The zero-order chi connectivity index (χ0) is 17.4. The van der Waals surface area contributed by atoms with Crippen LogP contribution >= 0.6 is 11.6 Å². The smallest absolute Gasteiger partial charge is 0.226 e. The molecular formula is C20H19ClFNO2. The van der Waals surface area contributed by atoms with Gasteiger partial charge in [0.05, 0.1) is 13.2 Å². The summed E-state index contributed by atoms with van der Waals surface area (Å²) in [7, 11) is 0. The van der Waals surface area contributed by atoms with Crippen LogP contribution in [0.4, 0.5) is 4.39 Å². The van der Waals surface area contributed by atoms with E-state index in [0.29, 0.717) is 24.7 Å². The van der Waals surface area contributed by atoms with Gasteiger partial charge in [-0.15, -0.1) is 0 Å². The van der Waals surface area contributed by atoms with Gasteiger partial charge in [-0.1, -0.05) is 35.9 Å². The number of carbonyl (C=O) groups is 1. The Hall–Kier alpha value is -1.91. The summed E-state index contributed by atoms with van der Waals surface area (Å²) in [6, 6.07) is 14.1. The molecule has 1 saturated carbocycles. The summed E-state index contributed by atoms with van der Waals surface area (Å²) in [5.74, 6) is 0.00657. The van der Waals surface area contributed by atoms with Gasteiger partial charge in [0, 0.05) is 17.5 Å². The highest BCUT2D eigenvalue weighted by Crippen LogP contribution is 2.48. The molecule has 0 N–H and O–H groups in total. The van der Waals surface area contributed by atoms with Gasteiger partial charge in [-0.25, -0.2) is 4.39 Å². The van der Waals surface area contributed by atoms with Crippen molar-refractivity contribution in [3.8, 4) is 0 Å². The van der Waals surface area contributed by atoms with Crippen molar-refractivity contribution in [2.24, 2.45) is 5.92 Å². The van der Waals surface area contributed by atoms with Gasteiger partial charge in [0.15, 0.2) is 0 Å². The zero-order valence-electron chi connectivity index (χ0n) is 13.7. The number of benzene rings is 2. The minimum absolute atomic E-state index is 0.0363. The first kappa shape index (κ1) is 16.6. The molecule has 0 bridgehead atoms. The molecule has 2 aliphatic rings. The van der Waals surface area contributed by atoms with Crippen LogP contribution in [-0.4, -0.2) is 30.5 Å². The fourth-order valence-corrected chi connectivity index (χ4v) is 3.66. The van der Waals surface area contributed by atoms with E-state index in [9.17, 15) is 9.18 Å². The van der Waals surface area contributed by atoms with Gasteiger partial charge in [0.25, 0.3) is 0 Å². The van der Waals surface area contributed by atoms with Crippen LogP contribution in [0, 0.1) is 11.7 Å². The lowest BCUT2D eigenvalue weighted by molar-refractivity contribution is -0.140. The third kappa shape index (κ3) is 3.55. The van der Waals surface area contributed by atoms with Crippen molar-refractivity contribution in [1.29, 1.82) is 0 Å². The van der Waals surface area contributed by atoms with Crippen LogP contribution in [0.25, 0.3) is 0 Å². The van der Waals surface area contributed by atoms with E-state index in [1.165, 1.54) is 12.1 Å². The van der Waals surface area contributed by atoms with E-state index in [4.69, 9.17) is 16.3 Å². The maximum absolute atomic E-state index is 13.4. The molecular weight excluding hydrogens is 341 g/mol. The highest BCUT2D eigenvalue weighted by molar-refractivity contribution is 6.30. The highest BCUT2D eigenvalue weighted by atomic mass is 35.5. The molecule has 0 unspecified atom stereocenters. The minimum atomic E-state index is -0.246. The Kier molecular flexibility index (Phi) is 4.48. The van der Waals surface area contributed by atoms with E-state index in [1.807, 2.05) is 35.2 Å². The van der Waals surface area contributed by atoms with Crippen LogP contribution in [0.5, 0.6) is 0 Å². The van der Waals surface area contributed by atoms with Crippen molar-refractivity contribution in [3.05, 3.63) is 70.5 Å². The molecule has 0 radical (unpaired) electrons. The summed E-state index contributed by atoms with van der Waals surface area (Å²) >= 11 is 5.93. The number of ether oxygens (including phenoxy) is 1. The van der Waals surface area contributed by atoms with Gasteiger partial charge >= 0.3 is 0 Å². The lowest BCUT2D eigenvalue weighted by Crippen LogP contribution is -2.43. The summed E-state index contributed by atoms with van der Waals surface area (Å²) < 4.78 is 19.2. The molecule has 25 heavy (non-hydrogen) atoms. The van der Waals surface area contributed by atoms with Crippen molar-refractivity contribution in [2.75, 3.05) is 19.7 Å². The third-order valence-corrected chi connectivity index (χ3v) is 5.26. The van der Waals surface area contributed by atoms with E-state index in [1.54, 1.807) is 6.07 Å². The Morgan fingerprint density at radius 3 is 2.72 bits per heavy atom. The molecule has 5 heteroatoms. The molecule has 1 amide bonds. The van der Waals surface area contributed by atoms with Crippen molar-refractivity contribution in [3.63, 3.8) is 0 Å². The zero-order valence-corrected chi connectivity index (χ0v) is 14.5. The van der Waals surface area contributed by atoms with Crippen LogP contribution in [-0.2, 0) is 9.53 Å². The maximum Gasteiger partial charge on any atom is 0.226 e. The number of morpholine rings is 1. The number of hydrogen-bond acceptors (Lipinski definition) is 2. The average Bonchev–Trinajstić information content (AvgIpc) is 3.43. The van der Waals surface area contributed by atoms with Crippen molar-refractivity contribution in [2.45, 2.75) is 18.4 Å². The first-order chi connectivity index (χ1) is 12.1. The van der Waals surface area contributed by atoms with E-state index >= 15 is 0 Å². The second-order valence-electron chi connectivity index (χ2n) is 6.70. The number of carbonyl (C=O) groups excluding carboxylic acids is 1. The van der Waals surface area contributed by atoms with Crippen molar-refractivity contribution in [1.82, 2.24) is 4.90 Å². The molecule has 3 nitrogen and oxygen atoms in total. The Morgan fingerprint density at radius 2 is 1.96 bits per heavy atom. The summed E-state index contributed by atoms with van der Waals surface area (Å²) in [5, 5.41) is 0.684. The normalized spacial score (nSPS) is 25.7. The molecule has 4 rings (SSSR count). The lowest BCUT2D eigenvalue weighted by Gasteiger charge is -2.33. The van der Waals surface area contributed by atoms with Crippen LogP contribution in [0.15, 0.2) is 48.5 Å². The second kappa shape index (κ2) is 6.77. The molecule has 0 spiro atoms. The molecule has 3 atom stereocenters. The fraction of sp³-hybridized carbons (Fsp3) is 0.350. The predicted octanol–water partition coefficient (Wildman–Crippen LogP) is 4.18. The van der Waals surface area contributed by atoms with Crippen LogP contribution in [0.3, 0.4) is 0 Å². The number of amides is 1. The number of hydrogen-bond donors (Lipinski definition) is 0. The summed E-state index contributed by atoms with van der Waals surface area (Å²) in [4.78, 5) is 14.7. The van der Waals surface area contributed by atoms with Crippen molar-refractivity contribution >= 4 is 17.5 Å². The largest absolute Gasteiger partial charge is 0.370 e. The fourth-order valence-electron chi connectivity index (χ4n) is 3.54. The summed E-state index contributed by atoms with van der Waals surface area (Å²) in [6.45, 7) is 1.68. The third-order valence-electron chi connectivity index (χ3n) is 5.00. The van der Waals surface area contributed by atoms with E-state index in [0.717, 1.165) is 17.5 Å². The van der Waals surface area contributed by atoms with Gasteiger partial charge < -0.3 is 9.64 Å². The Morgan fingerprint density at radius 1 is 1.16 bits per heavy atom. The summed E-state index contributed by atoms with van der Waals surface area (Å²) in [5.41, 5.74) is 1.94. The van der Waals surface area contributed by atoms with Crippen LogP contribution in [0.2, 0.25) is 5.02 Å². The molecule has 2 fully saturated rings. The first-order valence-electron chi connectivity index (χ1n) is 8.53. The number of rotatable bonds is 3. The van der Waals surface area contributed by atoms with E-state index in [2.05, 4.69) is 0 Å². The lowest BCUT2D eigenvalue weighted by atomic mass is 10.1. The molecule has 1 aliphatic heterocycles.